The Hall–Kier alpha value is -1.55. The molecule has 3 nitrogen and oxygen atoms in total. The van der Waals surface area contributed by atoms with E-state index in [9.17, 15) is 4.79 Å². The third-order valence-corrected chi connectivity index (χ3v) is 8.02. The summed E-state index contributed by atoms with van der Waals surface area (Å²) in [6.07, 6.45) is 11.8. The highest BCUT2D eigenvalue weighted by atomic mass is 32.2. The van der Waals surface area contributed by atoms with E-state index >= 15 is 0 Å². The molecular weight excluding hydrogens is 364 g/mol. The average molecular weight is 395 g/mol. The number of hydrogen-bond acceptors (Lipinski definition) is 3. The molecule has 0 saturated heterocycles. The summed E-state index contributed by atoms with van der Waals surface area (Å²) >= 11 is 1.74. The van der Waals surface area contributed by atoms with Crippen LogP contribution in [0.5, 0.6) is 0 Å². The lowest BCUT2D eigenvalue weighted by Gasteiger charge is -2.37. The van der Waals surface area contributed by atoms with Crippen molar-refractivity contribution in [2.75, 3.05) is 5.75 Å². The predicted molar refractivity (Wildman–Crippen MR) is 116 cm³/mol. The van der Waals surface area contributed by atoms with Crippen LogP contribution in [0.1, 0.15) is 81.9 Å². The van der Waals surface area contributed by atoms with Gasteiger partial charge in [-0.3, -0.25) is 9.36 Å². The van der Waals surface area contributed by atoms with E-state index in [0.29, 0.717) is 6.04 Å². The number of nitrogens with zero attached hydrogens (tertiary/aromatic N) is 2. The van der Waals surface area contributed by atoms with Crippen molar-refractivity contribution >= 4 is 11.8 Å². The van der Waals surface area contributed by atoms with Crippen molar-refractivity contribution in [3.05, 3.63) is 45.7 Å². The van der Waals surface area contributed by atoms with Gasteiger partial charge in [0.05, 0.1) is 11.3 Å². The molecule has 2 aromatic rings. The summed E-state index contributed by atoms with van der Waals surface area (Å²) < 4.78 is 2.13. The van der Waals surface area contributed by atoms with E-state index < -0.39 is 0 Å². The first-order valence-electron chi connectivity index (χ1n) is 11.1. The van der Waals surface area contributed by atoms with E-state index in [-0.39, 0.29) is 11.0 Å². The van der Waals surface area contributed by atoms with Crippen LogP contribution in [-0.2, 0) is 11.8 Å². The molecule has 0 unspecified atom stereocenters. The molecule has 0 aliphatic heterocycles. The van der Waals surface area contributed by atoms with E-state index in [0.717, 1.165) is 54.3 Å². The van der Waals surface area contributed by atoms with Crippen molar-refractivity contribution in [3.8, 4) is 11.3 Å². The van der Waals surface area contributed by atoms with Crippen molar-refractivity contribution in [2.24, 2.45) is 0 Å². The van der Waals surface area contributed by atoms with Gasteiger partial charge in [-0.1, -0.05) is 75.1 Å². The molecule has 0 amide bonds. The van der Waals surface area contributed by atoms with Gasteiger partial charge in [0, 0.05) is 17.0 Å². The summed E-state index contributed by atoms with van der Waals surface area (Å²) in [7, 11) is 0. The highest BCUT2D eigenvalue weighted by Gasteiger charge is 2.45. The zero-order valence-corrected chi connectivity index (χ0v) is 17.7. The lowest BCUT2D eigenvalue weighted by atomic mass is 9.68. The Morgan fingerprint density at radius 2 is 1.86 bits per heavy atom. The molecule has 3 aliphatic rings. The fourth-order valence-electron chi connectivity index (χ4n) is 5.92. The first-order chi connectivity index (χ1) is 13.7. The van der Waals surface area contributed by atoms with Crippen LogP contribution in [0.15, 0.2) is 34.2 Å². The summed E-state index contributed by atoms with van der Waals surface area (Å²) in [5, 5.41) is 0.947. The van der Waals surface area contributed by atoms with Crippen molar-refractivity contribution < 1.29 is 0 Å². The quantitative estimate of drug-likeness (QED) is 0.480. The van der Waals surface area contributed by atoms with E-state index in [1.807, 2.05) is 0 Å². The van der Waals surface area contributed by atoms with Crippen LogP contribution >= 0.6 is 11.8 Å². The monoisotopic (exact) mass is 394 g/mol. The smallest absolute Gasteiger partial charge is 0.258 e. The van der Waals surface area contributed by atoms with Gasteiger partial charge >= 0.3 is 0 Å². The van der Waals surface area contributed by atoms with Crippen LogP contribution in [0, 0.1) is 0 Å². The van der Waals surface area contributed by atoms with Gasteiger partial charge in [-0.2, -0.15) is 0 Å². The second-order valence-electron chi connectivity index (χ2n) is 8.84. The number of thioether (sulfide) groups is 1. The van der Waals surface area contributed by atoms with Crippen LogP contribution in [0.3, 0.4) is 0 Å². The van der Waals surface area contributed by atoms with Crippen molar-refractivity contribution in [2.45, 2.75) is 87.7 Å². The van der Waals surface area contributed by atoms with Gasteiger partial charge < -0.3 is 0 Å². The summed E-state index contributed by atoms with van der Waals surface area (Å²) in [4.78, 5) is 19.3. The maximum absolute atomic E-state index is 14.1. The molecule has 0 atom stereocenters. The summed E-state index contributed by atoms with van der Waals surface area (Å²) in [6.45, 7) is 2.16. The maximum atomic E-state index is 14.1. The van der Waals surface area contributed by atoms with Crippen LogP contribution in [0.2, 0.25) is 0 Å². The van der Waals surface area contributed by atoms with Crippen LogP contribution in [0.4, 0.5) is 0 Å². The molecule has 1 aromatic carbocycles. The van der Waals surface area contributed by atoms with Crippen LogP contribution in [-0.4, -0.2) is 15.3 Å². The molecule has 0 bridgehead atoms. The topological polar surface area (TPSA) is 34.9 Å². The minimum atomic E-state index is 0.0135. The molecule has 2 fully saturated rings. The average Bonchev–Trinajstić information content (AvgIpc) is 3.17. The first-order valence-corrected chi connectivity index (χ1v) is 12.1. The Kier molecular flexibility index (Phi) is 4.86. The van der Waals surface area contributed by atoms with Crippen LogP contribution < -0.4 is 5.56 Å². The first kappa shape index (κ1) is 18.5. The molecule has 2 saturated carbocycles. The van der Waals surface area contributed by atoms with E-state index in [4.69, 9.17) is 4.98 Å². The Morgan fingerprint density at radius 3 is 2.61 bits per heavy atom. The van der Waals surface area contributed by atoms with Gasteiger partial charge in [0.2, 0.25) is 0 Å². The largest absolute Gasteiger partial charge is 0.284 e. The SMILES string of the molecule is CCSc1nc2c(c(=O)n1C1CCCCC1)C1(CCCC1)Cc1ccccc1-2. The third-order valence-electron chi connectivity index (χ3n) is 7.19. The summed E-state index contributed by atoms with van der Waals surface area (Å²) in [6, 6.07) is 8.99. The van der Waals surface area contributed by atoms with Crippen molar-refractivity contribution in [1.29, 1.82) is 0 Å². The summed E-state index contributed by atoms with van der Waals surface area (Å²) in [5.74, 6) is 0.949. The van der Waals surface area contributed by atoms with Crippen molar-refractivity contribution in [1.82, 2.24) is 9.55 Å². The molecule has 1 aromatic heterocycles. The Morgan fingerprint density at radius 1 is 1.11 bits per heavy atom. The number of fused-ring (bicyclic) bond motifs is 4. The van der Waals surface area contributed by atoms with Gasteiger partial charge in [-0.25, -0.2) is 4.98 Å². The molecular formula is C24H30N2OS. The zero-order chi connectivity index (χ0) is 19.1. The lowest BCUT2D eigenvalue weighted by Crippen LogP contribution is -2.41. The van der Waals surface area contributed by atoms with Gasteiger partial charge in [0.1, 0.15) is 0 Å². The highest BCUT2D eigenvalue weighted by molar-refractivity contribution is 7.99. The predicted octanol–water partition coefficient (Wildman–Crippen LogP) is 5.90. The second kappa shape index (κ2) is 7.37. The molecule has 5 rings (SSSR count). The zero-order valence-electron chi connectivity index (χ0n) is 16.9. The van der Waals surface area contributed by atoms with E-state index in [1.54, 1.807) is 11.8 Å². The van der Waals surface area contributed by atoms with Gasteiger partial charge in [0.15, 0.2) is 5.16 Å². The number of benzene rings is 1. The molecule has 3 aliphatic carbocycles. The standard InChI is InChI=1S/C24H30N2OS/c1-2-28-23-25-21-19-13-7-6-10-17(19)16-24(14-8-9-15-24)20(21)22(27)26(23)18-11-4-3-5-12-18/h6-7,10,13,18H,2-5,8-9,11-12,14-16H2,1H3. The van der Waals surface area contributed by atoms with E-state index in [1.165, 1.54) is 43.2 Å². The molecule has 4 heteroatoms. The summed E-state index contributed by atoms with van der Waals surface area (Å²) in [5.41, 5.74) is 4.92. The number of hydrogen-bond donors (Lipinski definition) is 0. The molecule has 28 heavy (non-hydrogen) atoms. The van der Waals surface area contributed by atoms with Gasteiger partial charge in [-0.15, -0.1) is 0 Å². The number of rotatable bonds is 3. The fourth-order valence-corrected chi connectivity index (χ4v) is 6.70. The third kappa shape index (κ3) is 2.87. The second-order valence-corrected chi connectivity index (χ2v) is 10.1. The normalized spacial score (nSPS) is 20.9. The Labute approximate surface area is 172 Å². The molecule has 0 radical (unpaired) electrons. The van der Waals surface area contributed by atoms with E-state index in [2.05, 4.69) is 35.8 Å². The van der Waals surface area contributed by atoms with Gasteiger partial charge in [-0.05, 0) is 43.4 Å². The highest BCUT2D eigenvalue weighted by Crippen LogP contribution is 2.50. The molecule has 148 valence electrons. The Bertz CT molecular complexity index is 936. The Balaban J connectivity index is 1.78. The number of aromatic nitrogens is 2. The van der Waals surface area contributed by atoms with Crippen LogP contribution in [0.25, 0.3) is 11.3 Å². The molecule has 1 spiro atoms. The maximum Gasteiger partial charge on any atom is 0.258 e. The lowest BCUT2D eigenvalue weighted by molar-refractivity contribution is 0.316. The molecule has 0 N–H and O–H groups in total. The minimum absolute atomic E-state index is 0.0135. The van der Waals surface area contributed by atoms with Crippen molar-refractivity contribution in [3.63, 3.8) is 0 Å². The van der Waals surface area contributed by atoms with Gasteiger partial charge in [0.25, 0.3) is 5.56 Å². The minimum Gasteiger partial charge on any atom is -0.284 e. The molecule has 1 heterocycles. The fraction of sp³-hybridized carbons (Fsp3) is 0.583.